The van der Waals surface area contributed by atoms with Crippen LogP contribution in [0.4, 0.5) is 5.13 Å². The second-order valence-electron chi connectivity index (χ2n) is 5.38. The number of nitrogens with two attached hydrogens (primary N) is 1. The van der Waals surface area contributed by atoms with Gasteiger partial charge in [-0.2, -0.15) is 0 Å². The van der Waals surface area contributed by atoms with E-state index in [4.69, 9.17) is 5.73 Å². The maximum Gasteiger partial charge on any atom is 0.231 e. The first-order valence-corrected chi connectivity index (χ1v) is 7.28. The number of amides is 1. The van der Waals surface area contributed by atoms with Gasteiger partial charge in [-0.25, -0.2) is 4.98 Å². The van der Waals surface area contributed by atoms with E-state index in [1.54, 1.807) is 0 Å². The molecule has 20 heavy (non-hydrogen) atoms. The van der Waals surface area contributed by atoms with Crippen LogP contribution >= 0.6 is 23.7 Å². The fourth-order valence-electron chi connectivity index (χ4n) is 2.48. The normalized spacial score (nSPS) is 25.6. The number of thiazole rings is 1. The molecular weight excluding hydrogens is 298 g/mol. The van der Waals surface area contributed by atoms with Crippen LogP contribution in [0.1, 0.15) is 49.2 Å². The molecule has 1 aliphatic carbocycles. The van der Waals surface area contributed by atoms with Gasteiger partial charge in [-0.1, -0.05) is 24.2 Å². The minimum Gasteiger partial charge on any atom is -0.325 e. The van der Waals surface area contributed by atoms with E-state index in [2.05, 4.69) is 10.3 Å². The van der Waals surface area contributed by atoms with Crippen molar-refractivity contribution in [3.05, 3.63) is 11.1 Å². The summed E-state index contributed by atoms with van der Waals surface area (Å²) in [6.45, 7) is 3.41. The molecule has 2 atom stereocenters. The first kappa shape index (κ1) is 17.1. The van der Waals surface area contributed by atoms with Crippen LogP contribution in [0.2, 0.25) is 0 Å². The van der Waals surface area contributed by atoms with E-state index in [0.717, 1.165) is 25.7 Å². The first-order valence-electron chi connectivity index (χ1n) is 6.46. The maximum atomic E-state index is 12.3. The van der Waals surface area contributed by atoms with Crippen molar-refractivity contribution < 1.29 is 9.59 Å². The Hall–Kier alpha value is -0.980. The van der Waals surface area contributed by atoms with Gasteiger partial charge in [0.1, 0.15) is 0 Å². The van der Waals surface area contributed by atoms with Crippen LogP contribution in [0.3, 0.4) is 0 Å². The van der Waals surface area contributed by atoms with Gasteiger partial charge in [-0.05, 0) is 19.8 Å². The summed E-state index contributed by atoms with van der Waals surface area (Å²) in [6, 6.07) is 0. The first-order chi connectivity index (χ1) is 8.90. The summed E-state index contributed by atoms with van der Waals surface area (Å²) in [5, 5.41) is 3.25. The van der Waals surface area contributed by atoms with Crippen molar-refractivity contribution in [2.75, 3.05) is 5.32 Å². The fraction of sp³-hybridized carbons (Fsp3) is 0.615. The number of carbonyl (C=O) groups excluding carboxylic acids is 2. The molecule has 1 heterocycles. The van der Waals surface area contributed by atoms with Gasteiger partial charge in [0.25, 0.3) is 0 Å². The summed E-state index contributed by atoms with van der Waals surface area (Å²) in [4.78, 5) is 28.0. The lowest BCUT2D eigenvalue weighted by atomic mass is 9.74. The third kappa shape index (κ3) is 3.77. The van der Waals surface area contributed by atoms with E-state index in [1.165, 1.54) is 24.5 Å². The Morgan fingerprint density at radius 3 is 2.75 bits per heavy atom. The highest BCUT2D eigenvalue weighted by Crippen LogP contribution is 2.32. The predicted octanol–water partition coefficient (Wildman–Crippen LogP) is 2.61. The van der Waals surface area contributed by atoms with Crippen LogP contribution in [0.25, 0.3) is 0 Å². The topological polar surface area (TPSA) is 85.1 Å². The van der Waals surface area contributed by atoms with Crippen LogP contribution < -0.4 is 11.1 Å². The van der Waals surface area contributed by atoms with Gasteiger partial charge < -0.3 is 11.1 Å². The number of nitrogens with zero attached hydrogens (tertiary/aromatic N) is 1. The number of rotatable bonds is 3. The van der Waals surface area contributed by atoms with E-state index in [-0.39, 0.29) is 30.0 Å². The Bertz CT molecular complexity index is 502. The zero-order valence-electron chi connectivity index (χ0n) is 11.6. The van der Waals surface area contributed by atoms with Crippen molar-refractivity contribution in [1.29, 1.82) is 0 Å². The smallest absolute Gasteiger partial charge is 0.231 e. The molecule has 2 unspecified atom stereocenters. The summed E-state index contributed by atoms with van der Waals surface area (Å²) in [7, 11) is 0. The lowest BCUT2D eigenvalue weighted by Crippen LogP contribution is -2.51. The average molecular weight is 318 g/mol. The van der Waals surface area contributed by atoms with E-state index in [9.17, 15) is 9.59 Å². The quantitative estimate of drug-likeness (QED) is 0.839. The van der Waals surface area contributed by atoms with E-state index >= 15 is 0 Å². The summed E-state index contributed by atoms with van der Waals surface area (Å²) in [6.07, 6.45) is 5.26. The molecule has 0 aliphatic heterocycles. The number of hydrogen-bond acceptors (Lipinski definition) is 5. The van der Waals surface area contributed by atoms with Gasteiger partial charge in [-0.15, -0.1) is 12.4 Å². The van der Waals surface area contributed by atoms with Crippen LogP contribution in [-0.4, -0.2) is 22.2 Å². The van der Waals surface area contributed by atoms with Gasteiger partial charge in [-0.3, -0.25) is 9.59 Å². The minimum absolute atomic E-state index is 0. The molecule has 0 bridgehead atoms. The highest BCUT2D eigenvalue weighted by atomic mass is 35.5. The number of ketones is 1. The monoisotopic (exact) mass is 317 g/mol. The number of aromatic nitrogens is 1. The van der Waals surface area contributed by atoms with Crippen molar-refractivity contribution in [2.45, 2.75) is 45.1 Å². The molecule has 1 aromatic heterocycles. The number of halogens is 1. The standard InChI is InChI=1S/C13H19N3O2S.ClH/c1-8(17)10-7-15-12(19-10)16-11(18)9-5-3-4-6-13(9,2)14;/h7,9H,3-6,14H2,1-2H3,(H,15,16,18);1H. The molecule has 1 fully saturated rings. The summed E-state index contributed by atoms with van der Waals surface area (Å²) < 4.78 is 0. The van der Waals surface area contributed by atoms with Gasteiger partial charge >= 0.3 is 0 Å². The van der Waals surface area contributed by atoms with Crippen molar-refractivity contribution in [1.82, 2.24) is 4.98 Å². The zero-order valence-corrected chi connectivity index (χ0v) is 13.3. The molecule has 112 valence electrons. The average Bonchev–Trinajstić information content (AvgIpc) is 2.76. The summed E-state index contributed by atoms with van der Waals surface area (Å²) >= 11 is 1.20. The number of hydrogen-bond donors (Lipinski definition) is 2. The Morgan fingerprint density at radius 1 is 1.50 bits per heavy atom. The SMILES string of the molecule is CC(=O)c1cnc(NC(=O)C2CCCCC2(C)N)s1.Cl. The van der Waals surface area contributed by atoms with Crippen molar-refractivity contribution in [2.24, 2.45) is 11.7 Å². The largest absolute Gasteiger partial charge is 0.325 e. The molecule has 0 saturated heterocycles. The third-order valence-corrected chi connectivity index (χ3v) is 4.67. The lowest BCUT2D eigenvalue weighted by molar-refractivity contribution is -0.122. The highest BCUT2D eigenvalue weighted by Gasteiger charge is 2.38. The molecule has 3 N–H and O–H groups in total. The Kier molecular flexibility index (Phi) is 5.68. The zero-order chi connectivity index (χ0) is 14.0. The molecule has 1 saturated carbocycles. The van der Waals surface area contributed by atoms with Crippen LogP contribution in [0.5, 0.6) is 0 Å². The van der Waals surface area contributed by atoms with Crippen LogP contribution in [0.15, 0.2) is 6.20 Å². The molecule has 0 aromatic carbocycles. The number of Topliss-reactive ketones (excluding diaryl/α,β-unsaturated/α-hetero) is 1. The van der Waals surface area contributed by atoms with Gasteiger partial charge in [0.15, 0.2) is 10.9 Å². The third-order valence-electron chi connectivity index (χ3n) is 3.65. The molecule has 5 nitrogen and oxygen atoms in total. The molecule has 2 rings (SSSR count). The van der Waals surface area contributed by atoms with Gasteiger partial charge in [0.2, 0.25) is 5.91 Å². The van der Waals surface area contributed by atoms with Crippen molar-refractivity contribution in [3.8, 4) is 0 Å². The Balaban J connectivity index is 0.00000200. The Morgan fingerprint density at radius 2 is 2.20 bits per heavy atom. The van der Waals surface area contributed by atoms with Gasteiger partial charge in [0, 0.05) is 12.5 Å². The highest BCUT2D eigenvalue weighted by molar-refractivity contribution is 7.17. The molecule has 0 radical (unpaired) electrons. The second kappa shape index (κ2) is 6.65. The molecule has 1 amide bonds. The molecule has 1 aliphatic rings. The maximum absolute atomic E-state index is 12.3. The molecule has 0 spiro atoms. The second-order valence-corrected chi connectivity index (χ2v) is 6.41. The molecule has 1 aromatic rings. The molecular formula is C13H20ClN3O2S. The fourth-order valence-corrected chi connectivity index (χ4v) is 3.19. The number of anilines is 1. The van der Waals surface area contributed by atoms with Crippen LogP contribution in [0, 0.1) is 5.92 Å². The lowest BCUT2D eigenvalue weighted by Gasteiger charge is -2.36. The molecule has 7 heteroatoms. The number of carbonyl (C=O) groups is 2. The van der Waals surface area contributed by atoms with Gasteiger partial charge in [0.05, 0.1) is 17.0 Å². The van der Waals surface area contributed by atoms with E-state index < -0.39 is 5.54 Å². The van der Waals surface area contributed by atoms with Crippen molar-refractivity contribution >= 4 is 40.6 Å². The van der Waals surface area contributed by atoms with E-state index in [1.807, 2.05) is 6.92 Å². The van der Waals surface area contributed by atoms with Crippen LogP contribution in [-0.2, 0) is 4.79 Å². The predicted molar refractivity (Wildman–Crippen MR) is 82.5 cm³/mol. The summed E-state index contributed by atoms with van der Waals surface area (Å²) in [5.74, 6) is -0.320. The van der Waals surface area contributed by atoms with E-state index in [0.29, 0.717) is 10.0 Å². The Labute approximate surface area is 128 Å². The number of nitrogens with one attached hydrogen (secondary N) is 1. The van der Waals surface area contributed by atoms with Crippen molar-refractivity contribution in [3.63, 3.8) is 0 Å². The minimum atomic E-state index is -0.455. The summed E-state index contributed by atoms with van der Waals surface area (Å²) in [5.41, 5.74) is 5.74.